The van der Waals surface area contributed by atoms with Gasteiger partial charge in [-0.1, -0.05) is 17.7 Å². The lowest BCUT2D eigenvalue weighted by Crippen LogP contribution is -2.33. The van der Waals surface area contributed by atoms with Gasteiger partial charge in [0.1, 0.15) is 0 Å². The maximum absolute atomic E-state index is 13.0. The molecular weight excluding hydrogens is 358 g/mol. The lowest BCUT2D eigenvalue weighted by Gasteiger charge is -2.07. The van der Waals surface area contributed by atoms with E-state index in [2.05, 4.69) is 10.6 Å². The normalized spacial score (nSPS) is 10.3. The lowest BCUT2D eigenvalue weighted by molar-refractivity contribution is -0.122. The molecule has 0 heterocycles. The summed E-state index contributed by atoms with van der Waals surface area (Å²) >= 11 is 7.13. The molecule has 0 bridgehead atoms. The van der Waals surface area contributed by atoms with Crippen LogP contribution in [-0.4, -0.2) is 24.1 Å². The molecule has 0 saturated carbocycles. The SMILES string of the molecule is O=C(CSc1cccc(Cl)c1)NCC(=O)Nc1ccc(F)c(F)c1. The number of amides is 2. The molecule has 0 aliphatic heterocycles. The van der Waals surface area contributed by atoms with Crippen molar-refractivity contribution in [2.24, 2.45) is 0 Å². The van der Waals surface area contributed by atoms with Crippen molar-refractivity contribution in [2.45, 2.75) is 4.90 Å². The van der Waals surface area contributed by atoms with Gasteiger partial charge in [-0.15, -0.1) is 11.8 Å². The van der Waals surface area contributed by atoms with Gasteiger partial charge in [0.05, 0.1) is 12.3 Å². The molecule has 0 fully saturated rings. The molecule has 2 aromatic rings. The summed E-state index contributed by atoms with van der Waals surface area (Å²) in [5.41, 5.74) is 0.112. The molecule has 4 nitrogen and oxygen atoms in total. The van der Waals surface area contributed by atoms with Gasteiger partial charge in [0.2, 0.25) is 11.8 Å². The number of thioether (sulfide) groups is 1. The molecule has 2 amide bonds. The van der Waals surface area contributed by atoms with Crippen LogP contribution in [0.25, 0.3) is 0 Å². The van der Waals surface area contributed by atoms with Gasteiger partial charge in [-0.2, -0.15) is 0 Å². The van der Waals surface area contributed by atoms with E-state index in [4.69, 9.17) is 11.6 Å². The van der Waals surface area contributed by atoms with E-state index in [1.165, 1.54) is 17.8 Å². The second kappa shape index (κ2) is 8.65. The van der Waals surface area contributed by atoms with Crippen molar-refractivity contribution in [3.63, 3.8) is 0 Å². The van der Waals surface area contributed by atoms with Crippen LogP contribution in [-0.2, 0) is 9.59 Å². The molecule has 0 atom stereocenters. The fourth-order valence-corrected chi connectivity index (χ4v) is 2.75. The first kappa shape index (κ1) is 18.2. The Bertz CT molecular complexity index is 759. The number of nitrogens with one attached hydrogen (secondary N) is 2. The number of anilines is 1. The molecule has 0 saturated heterocycles. The molecule has 0 spiro atoms. The Kier molecular flexibility index (Phi) is 6.57. The Labute approximate surface area is 146 Å². The van der Waals surface area contributed by atoms with Crippen LogP contribution in [0.15, 0.2) is 47.4 Å². The number of carbonyl (C=O) groups is 2. The van der Waals surface area contributed by atoms with Crippen LogP contribution in [0, 0.1) is 11.6 Å². The number of rotatable bonds is 6. The third-order valence-electron chi connectivity index (χ3n) is 2.82. The van der Waals surface area contributed by atoms with Crippen molar-refractivity contribution in [1.82, 2.24) is 5.32 Å². The van der Waals surface area contributed by atoms with E-state index in [1.54, 1.807) is 18.2 Å². The monoisotopic (exact) mass is 370 g/mol. The summed E-state index contributed by atoms with van der Waals surface area (Å²) in [5, 5.41) is 5.38. The Hall–Kier alpha value is -2.12. The van der Waals surface area contributed by atoms with Crippen molar-refractivity contribution in [3.8, 4) is 0 Å². The third kappa shape index (κ3) is 5.82. The van der Waals surface area contributed by atoms with E-state index in [1.807, 2.05) is 6.07 Å². The van der Waals surface area contributed by atoms with Gasteiger partial charge in [-0.25, -0.2) is 8.78 Å². The highest BCUT2D eigenvalue weighted by Crippen LogP contribution is 2.21. The van der Waals surface area contributed by atoms with E-state index in [9.17, 15) is 18.4 Å². The topological polar surface area (TPSA) is 58.2 Å². The smallest absolute Gasteiger partial charge is 0.243 e. The second-order valence-electron chi connectivity index (χ2n) is 4.70. The molecule has 2 aromatic carbocycles. The van der Waals surface area contributed by atoms with E-state index >= 15 is 0 Å². The van der Waals surface area contributed by atoms with E-state index < -0.39 is 17.5 Å². The van der Waals surface area contributed by atoms with Crippen molar-refractivity contribution in [3.05, 3.63) is 59.1 Å². The fraction of sp³-hybridized carbons (Fsp3) is 0.125. The minimum atomic E-state index is -1.06. The summed E-state index contributed by atoms with van der Waals surface area (Å²) in [5.74, 6) is -2.81. The zero-order valence-corrected chi connectivity index (χ0v) is 13.9. The van der Waals surface area contributed by atoms with Crippen LogP contribution >= 0.6 is 23.4 Å². The summed E-state index contributed by atoms with van der Waals surface area (Å²) in [4.78, 5) is 24.2. The molecule has 0 aromatic heterocycles. The largest absolute Gasteiger partial charge is 0.346 e. The van der Waals surface area contributed by atoms with Crippen molar-refractivity contribution in [2.75, 3.05) is 17.6 Å². The van der Waals surface area contributed by atoms with Gasteiger partial charge in [-0.3, -0.25) is 9.59 Å². The average molecular weight is 371 g/mol. The quantitative estimate of drug-likeness (QED) is 0.765. The number of carbonyl (C=O) groups excluding carboxylic acids is 2. The second-order valence-corrected chi connectivity index (χ2v) is 6.19. The molecular formula is C16H13ClF2N2O2S. The molecule has 2 N–H and O–H groups in total. The lowest BCUT2D eigenvalue weighted by atomic mass is 10.3. The van der Waals surface area contributed by atoms with Crippen LogP contribution in [0.3, 0.4) is 0 Å². The minimum absolute atomic E-state index is 0.112. The number of hydrogen-bond donors (Lipinski definition) is 2. The molecule has 0 radical (unpaired) electrons. The number of hydrogen-bond acceptors (Lipinski definition) is 3. The van der Waals surface area contributed by atoms with Crippen molar-refractivity contribution < 1.29 is 18.4 Å². The predicted octanol–water partition coefficient (Wildman–Crippen LogP) is 3.47. The third-order valence-corrected chi connectivity index (χ3v) is 4.04. The maximum Gasteiger partial charge on any atom is 0.243 e. The van der Waals surface area contributed by atoms with Gasteiger partial charge >= 0.3 is 0 Å². The Morgan fingerprint density at radius 2 is 1.83 bits per heavy atom. The van der Waals surface area contributed by atoms with Gasteiger partial charge in [0.25, 0.3) is 0 Å². The summed E-state index contributed by atoms with van der Waals surface area (Å²) < 4.78 is 25.8. The van der Waals surface area contributed by atoms with Gasteiger partial charge < -0.3 is 10.6 Å². The molecule has 126 valence electrons. The number of halogens is 3. The van der Waals surface area contributed by atoms with Gasteiger partial charge in [0.15, 0.2) is 11.6 Å². The van der Waals surface area contributed by atoms with Crippen LogP contribution in [0.5, 0.6) is 0 Å². The molecule has 2 rings (SSSR count). The summed E-state index contributed by atoms with van der Waals surface area (Å²) in [6.07, 6.45) is 0. The first-order chi connectivity index (χ1) is 11.4. The first-order valence-corrected chi connectivity index (χ1v) is 8.20. The summed E-state index contributed by atoms with van der Waals surface area (Å²) in [7, 11) is 0. The van der Waals surface area contributed by atoms with Crippen molar-refractivity contribution >= 4 is 40.9 Å². The Balaban J connectivity index is 1.74. The highest BCUT2D eigenvalue weighted by atomic mass is 35.5. The van der Waals surface area contributed by atoms with Crippen LogP contribution in [0.2, 0.25) is 5.02 Å². The number of benzene rings is 2. The van der Waals surface area contributed by atoms with E-state index in [0.29, 0.717) is 5.02 Å². The standard InChI is InChI=1S/C16H13ClF2N2O2S/c17-10-2-1-3-12(6-10)24-9-16(23)20-8-15(22)21-11-4-5-13(18)14(19)7-11/h1-7H,8-9H2,(H,20,23)(H,21,22). The summed E-state index contributed by atoms with van der Waals surface area (Å²) in [6, 6.07) is 10.1. The molecule has 8 heteroatoms. The first-order valence-electron chi connectivity index (χ1n) is 6.84. The molecule has 0 aliphatic carbocycles. The fourth-order valence-electron chi connectivity index (χ4n) is 1.71. The van der Waals surface area contributed by atoms with E-state index in [0.717, 1.165) is 17.0 Å². The Morgan fingerprint density at radius 1 is 1.04 bits per heavy atom. The van der Waals surface area contributed by atoms with Crippen LogP contribution in [0.1, 0.15) is 0 Å². The van der Waals surface area contributed by atoms with Crippen LogP contribution < -0.4 is 10.6 Å². The zero-order chi connectivity index (χ0) is 17.5. The molecule has 0 aliphatic rings. The minimum Gasteiger partial charge on any atom is -0.346 e. The Morgan fingerprint density at radius 3 is 2.54 bits per heavy atom. The zero-order valence-electron chi connectivity index (χ0n) is 12.3. The van der Waals surface area contributed by atoms with Crippen LogP contribution in [0.4, 0.5) is 14.5 Å². The molecule has 0 unspecified atom stereocenters. The van der Waals surface area contributed by atoms with Gasteiger partial charge in [0, 0.05) is 21.7 Å². The summed E-state index contributed by atoms with van der Waals surface area (Å²) in [6.45, 7) is -0.270. The highest BCUT2D eigenvalue weighted by Gasteiger charge is 2.08. The maximum atomic E-state index is 13.0. The van der Waals surface area contributed by atoms with Crippen molar-refractivity contribution in [1.29, 1.82) is 0 Å². The van der Waals surface area contributed by atoms with E-state index in [-0.39, 0.29) is 23.9 Å². The average Bonchev–Trinajstić information content (AvgIpc) is 2.54. The highest BCUT2D eigenvalue weighted by molar-refractivity contribution is 8.00. The van der Waals surface area contributed by atoms with Gasteiger partial charge in [-0.05, 0) is 30.3 Å². The molecule has 24 heavy (non-hydrogen) atoms. The predicted molar refractivity (Wildman–Crippen MR) is 90.2 cm³/mol.